The Morgan fingerprint density at radius 2 is 1.81 bits per heavy atom. The van der Waals surface area contributed by atoms with Crippen LogP contribution in [0.1, 0.15) is 11.1 Å². The Balaban J connectivity index is 2.38. The lowest BCUT2D eigenvalue weighted by molar-refractivity contribution is 0.414. The summed E-state index contributed by atoms with van der Waals surface area (Å²) in [6.45, 7) is 3.68. The molecule has 112 valence electrons. The molecule has 0 aromatic heterocycles. The zero-order valence-corrected chi connectivity index (χ0v) is 14.4. The third-order valence-electron chi connectivity index (χ3n) is 3.04. The Morgan fingerprint density at radius 1 is 1.10 bits per heavy atom. The zero-order valence-electron chi connectivity index (χ0n) is 12.0. The Labute approximate surface area is 133 Å². The van der Waals surface area contributed by atoms with Crippen molar-refractivity contribution in [2.45, 2.75) is 18.7 Å². The Hall–Kier alpha value is -1.53. The van der Waals surface area contributed by atoms with Crippen molar-refractivity contribution >= 4 is 31.6 Å². The van der Waals surface area contributed by atoms with Gasteiger partial charge in [-0.15, -0.1) is 0 Å². The molecule has 0 heterocycles. The summed E-state index contributed by atoms with van der Waals surface area (Å²) in [5.41, 5.74) is 2.19. The SMILES string of the molecule is COc1ccc(S(=O)(=O)Nc2ccc(C)cc2Br)c(C)c1. The maximum absolute atomic E-state index is 12.5. The van der Waals surface area contributed by atoms with Crippen LogP contribution in [0.5, 0.6) is 5.75 Å². The fraction of sp³-hybridized carbons (Fsp3) is 0.200. The number of halogens is 1. The maximum atomic E-state index is 12.5. The third-order valence-corrected chi connectivity index (χ3v) is 5.22. The first-order valence-electron chi connectivity index (χ1n) is 6.27. The second kappa shape index (κ2) is 6.07. The van der Waals surface area contributed by atoms with E-state index in [1.807, 2.05) is 19.1 Å². The fourth-order valence-electron chi connectivity index (χ4n) is 1.95. The van der Waals surface area contributed by atoms with E-state index in [1.165, 1.54) is 0 Å². The van der Waals surface area contributed by atoms with Crippen molar-refractivity contribution in [3.05, 3.63) is 52.0 Å². The van der Waals surface area contributed by atoms with Gasteiger partial charge < -0.3 is 4.74 Å². The molecule has 2 rings (SSSR count). The lowest BCUT2D eigenvalue weighted by atomic mass is 10.2. The first-order valence-corrected chi connectivity index (χ1v) is 8.55. The van der Waals surface area contributed by atoms with Crippen molar-refractivity contribution in [2.75, 3.05) is 11.8 Å². The van der Waals surface area contributed by atoms with Gasteiger partial charge in [-0.25, -0.2) is 8.42 Å². The van der Waals surface area contributed by atoms with E-state index in [-0.39, 0.29) is 4.90 Å². The van der Waals surface area contributed by atoms with Crippen LogP contribution in [0.25, 0.3) is 0 Å². The van der Waals surface area contributed by atoms with Crippen molar-refractivity contribution in [3.8, 4) is 5.75 Å². The van der Waals surface area contributed by atoms with Gasteiger partial charge in [0.1, 0.15) is 5.75 Å². The zero-order chi connectivity index (χ0) is 15.6. The van der Waals surface area contributed by atoms with Crippen LogP contribution in [-0.2, 0) is 10.0 Å². The van der Waals surface area contributed by atoms with Crippen LogP contribution in [0.4, 0.5) is 5.69 Å². The summed E-state index contributed by atoms with van der Waals surface area (Å²) in [4.78, 5) is 0.232. The van der Waals surface area contributed by atoms with Gasteiger partial charge in [-0.1, -0.05) is 6.07 Å². The first kappa shape index (κ1) is 15.9. The van der Waals surface area contributed by atoms with Crippen LogP contribution in [-0.4, -0.2) is 15.5 Å². The fourth-order valence-corrected chi connectivity index (χ4v) is 3.98. The number of benzene rings is 2. The molecular formula is C15H16BrNO3S. The highest BCUT2D eigenvalue weighted by Gasteiger charge is 2.18. The number of rotatable bonds is 4. The number of aryl methyl sites for hydroxylation is 2. The third kappa shape index (κ3) is 3.57. The minimum Gasteiger partial charge on any atom is -0.497 e. The van der Waals surface area contributed by atoms with E-state index in [9.17, 15) is 8.42 Å². The van der Waals surface area contributed by atoms with Crippen molar-refractivity contribution in [3.63, 3.8) is 0 Å². The standard InChI is InChI=1S/C15H16BrNO3S/c1-10-4-6-14(13(16)8-10)17-21(18,19)15-7-5-12(20-3)9-11(15)2/h4-9,17H,1-3H3. The number of hydrogen-bond acceptors (Lipinski definition) is 3. The van der Waals surface area contributed by atoms with Gasteiger partial charge in [-0.05, 0) is 71.2 Å². The molecule has 21 heavy (non-hydrogen) atoms. The summed E-state index contributed by atoms with van der Waals surface area (Å²) in [5.74, 6) is 0.628. The van der Waals surface area contributed by atoms with Crippen LogP contribution in [0.2, 0.25) is 0 Å². The number of anilines is 1. The van der Waals surface area contributed by atoms with Crippen LogP contribution in [0.15, 0.2) is 45.8 Å². The first-order chi connectivity index (χ1) is 9.83. The van der Waals surface area contributed by atoms with Gasteiger partial charge >= 0.3 is 0 Å². The highest BCUT2D eigenvalue weighted by Crippen LogP contribution is 2.28. The lowest BCUT2D eigenvalue weighted by Crippen LogP contribution is -2.14. The largest absolute Gasteiger partial charge is 0.497 e. The second-order valence-corrected chi connectivity index (χ2v) is 7.23. The van der Waals surface area contributed by atoms with Crippen molar-refractivity contribution in [1.82, 2.24) is 0 Å². The molecule has 0 atom stereocenters. The van der Waals surface area contributed by atoms with E-state index in [4.69, 9.17) is 4.74 Å². The number of ether oxygens (including phenoxy) is 1. The molecule has 0 saturated carbocycles. The summed E-state index contributed by atoms with van der Waals surface area (Å²) in [6.07, 6.45) is 0. The van der Waals surface area contributed by atoms with Crippen molar-refractivity contribution in [1.29, 1.82) is 0 Å². The van der Waals surface area contributed by atoms with Gasteiger partial charge in [-0.3, -0.25) is 4.72 Å². The molecule has 4 nitrogen and oxygen atoms in total. The molecule has 0 unspecified atom stereocenters. The van der Waals surface area contributed by atoms with E-state index >= 15 is 0 Å². The molecule has 6 heteroatoms. The van der Waals surface area contributed by atoms with E-state index in [0.29, 0.717) is 21.5 Å². The van der Waals surface area contributed by atoms with Gasteiger partial charge in [0.15, 0.2) is 0 Å². The van der Waals surface area contributed by atoms with Crippen LogP contribution >= 0.6 is 15.9 Å². The monoisotopic (exact) mass is 369 g/mol. The quantitative estimate of drug-likeness (QED) is 0.889. The van der Waals surface area contributed by atoms with Crippen LogP contribution in [0, 0.1) is 13.8 Å². The van der Waals surface area contributed by atoms with Gasteiger partial charge in [0.05, 0.1) is 17.7 Å². The van der Waals surface area contributed by atoms with Crippen molar-refractivity contribution < 1.29 is 13.2 Å². The Kier molecular flexibility index (Phi) is 4.58. The number of hydrogen-bond donors (Lipinski definition) is 1. The Bertz CT molecular complexity index is 772. The molecule has 0 spiro atoms. The van der Waals surface area contributed by atoms with Gasteiger partial charge in [0.2, 0.25) is 0 Å². The molecular weight excluding hydrogens is 354 g/mol. The van der Waals surface area contributed by atoms with Gasteiger partial charge in [-0.2, -0.15) is 0 Å². The molecule has 0 radical (unpaired) electrons. The predicted molar refractivity (Wildman–Crippen MR) is 87.4 cm³/mol. The minimum absolute atomic E-state index is 0.232. The number of nitrogens with one attached hydrogen (secondary N) is 1. The van der Waals surface area contributed by atoms with E-state index in [1.54, 1.807) is 38.3 Å². The average Bonchev–Trinajstić information content (AvgIpc) is 2.41. The minimum atomic E-state index is -3.64. The summed E-state index contributed by atoms with van der Waals surface area (Å²) >= 11 is 3.37. The molecule has 1 N–H and O–H groups in total. The average molecular weight is 370 g/mol. The van der Waals surface area contributed by atoms with Crippen LogP contribution in [0.3, 0.4) is 0 Å². The summed E-state index contributed by atoms with van der Waals surface area (Å²) in [6, 6.07) is 10.3. The summed E-state index contributed by atoms with van der Waals surface area (Å²) < 4.78 is 33.4. The molecule has 0 bridgehead atoms. The van der Waals surface area contributed by atoms with Gasteiger partial charge in [0.25, 0.3) is 10.0 Å². The normalized spacial score (nSPS) is 11.2. The molecule has 0 aliphatic rings. The highest BCUT2D eigenvalue weighted by atomic mass is 79.9. The molecule has 0 fully saturated rings. The van der Waals surface area contributed by atoms with E-state index in [0.717, 1.165) is 5.56 Å². The number of sulfonamides is 1. The molecule has 2 aromatic carbocycles. The van der Waals surface area contributed by atoms with E-state index in [2.05, 4.69) is 20.7 Å². The molecule has 0 aliphatic carbocycles. The highest BCUT2D eigenvalue weighted by molar-refractivity contribution is 9.10. The molecule has 0 aliphatic heterocycles. The van der Waals surface area contributed by atoms with Crippen molar-refractivity contribution in [2.24, 2.45) is 0 Å². The topological polar surface area (TPSA) is 55.4 Å². The maximum Gasteiger partial charge on any atom is 0.262 e. The second-order valence-electron chi connectivity index (χ2n) is 4.72. The van der Waals surface area contributed by atoms with Gasteiger partial charge in [0, 0.05) is 4.47 Å². The van der Waals surface area contributed by atoms with E-state index < -0.39 is 10.0 Å². The summed E-state index contributed by atoms with van der Waals surface area (Å²) in [5, 5.41) is 0. The smallest absolute Gasteiger partial charge is 0.262 e. The Morgan fingerprint density at radius 3 is 2.38 bits per heavy atom. The number of methoxy groups -OCH3 is 1. The van der Waals surface area contributed by atoms with Crippen LogP contribution < -0.4 is 9.46 Å². The summed E-state index contributed by atoms with van der Waals surface area (Å²) in [7, 11) is -2.09. The molecule has 2 aromatic rings. The molecule has 0 amide bonds. The molecule has 0 saturated heterocycles. The predicted octanol–water partition coefficient (Wildman–Crippen LogP) is 3.88. The lowest BCUT2D eigenvalue weighted by Gasteiger charge is -2.13.